The van der Waals surface area contributed by atoms with E-state index in [0.717, 1.165) is 11.3 Å². The van der Waals surface area contributed by atoms with Gasteiger partial charge in [-0.3, -0.25) is 4.79 Å². The molecular weight excluding hydrogens is 367 g/mol. The maximum Gasteiger partial charge on any atom is 0.274 e. The van der Waals surface area contributed by atoms with E-state index in [4.69, 9.17) is 0 Å². The average Bonchev–Trinajstić information content (AvgIpc) is 2.69. The molecule has 150 valence electrons. The van der Waals surface area contributed by atoms with Crippen LogP contribution in [0.4, 0.5) is 16.0 Å². The molecule has 1 aromatic heterocycles. The van der Waals surface area contributed by atoms with E-state index in [9.17, 15) is 9.18 Å². The summed E-state index contributed by atoms with van der Waals surface area (Å²) in [5.74, 6) is 0.113. The SMILES string of the molecule is Cc1cc(C(=O)Nc2ccccc2C(C)C)nc(NCCc2ccccc2F)n1. The molecule has 1 heterocycles. The van der Waals surface area contributed by atoms with Crippen LogP contribution in [0.1, 0.15) is 47.1 Å². The summed E-state index contributed by atoms with van der Waals surface area (Å²) >= 11 is 0. The molecule has 3 rings (SSSR count). The van der Waals surface area contributed by atoms with E-state index in [1.54, 1.807) is 24.3 Å². The molecule has 0 aliphatic rings. The lowest BCUT2D eigenvalue weighted by atomic mass is 10.0. The zero-order chi connectivity index (χ0) is 20.8. The Morgan fingerprint density at radius 2 is 1.79 bits per heavy atom. The van der Waals surface area contributed by atoms with Crippen LogP contribution in [-0.4, -0.2) is 22.4 Å². The van der Waals surface area contributed by atoms with Crippen molar-refractivity contribution in [2.75, 3.05) is 17.2 Å². The largest absolute Gasteiger partial charge is 0.354 e. The molecule has 0 saturated carbocycles. The van der Waals surface area contributed by atoms with Gasteiger partial charge in [0.25, 0.3) is 5.91 Å². The van der Waals surface area contributed by atoms with Crippen molar-refractivity contribution >= 4 is 17.5 Å². The van der Waals surface area contributed by atoms with Crippen LogP contribution in [0.2, 0.25) is 0 Å². The number of amides is 1. The molecule has 2 N–H and O–H groups in total. The van der Waals surface area contributed by atoms with Crippen molar-refractivity contribution in [3.05, 3.63) is 82.9 Å². The number of benzene rings is 2. The van der Waals surface area contributed by atoms with Crippen LogP contribution in [0.3, 0.4) is 0 Å². The van der Waals surface area contributed by atoms with Crippen LogP contribution in [0.25, 0.3) is 0 Å². The normalized spacial score (nSPS) is 10.8. The summed E-state index contributed by atoms with van der Waals surface area (Å²) in [4.78, 5) is 21.4. The summed E-state index contributed by atoms with van der Waals surface area (Å²) in [7, 11) is 0. The minimum Gasteiger partial charge on any atom is -0.354 e. The van der Waals surface area contributed by atoms with Crippen molar-refractivity contribution in [1.82, 2.24) is 9.97 Å². The van der Waals surface area contributed by atoms with E-state index in [1.807, 2.05) is 31.2 Å². The predicted octanol–water partition coefficient (Wildman–Crippen LogP) is 4.95. The van der Waals surface area contributed by atoms with Crippen LogP contribution >= 0.6 is 0 Å². The highest BCUT2D eigenvalue weighted by molar-refractivity contribution is 6.03. The summed E-state index contributed by atoms with van der Waals surface area (Å²) in [5, 5.41) is 6.03. The Bertz CT molecular complexity index is 1000. The maximum atomic E-state index is 13.7. The molecule has 0 bridgehead atoms. The monoisotopic (exact) mass is 392 g/mol. The summed E-state index contributed by atoms with van der Waals surface area (Å²) in [6, 6.07) is 16.0. The van der Waals surface area contributed by atoms with Gasteiger partial charge in [-0.05, 0) is 48.6 Å². The van der Waals surface area contributed by atoms with Crippen molar-refractivity contribution in [3.63, 3.8) is 0 Å². The second-order valence-electron chi connectivity index (χ2n) is 7.18. The third kappa shape index (κ3) is 5.38. The number of para-hydroxylation sites is 1. The Morgan fingerprint density at radius 3 is 2.55 bits per heavy atom. The van der Waals surface area contributed by atoms with Crippen molar-refractivity contribution in [2.45, 2.75) is 33.1 Å². The second-order valence-corrected chi connectivity index (χ2v) is 7.18. The molecule has 5 nitrogen and oxygen atoms in total. The molecule has 3 aromatic rings. The molecule has 0 atom stereocenters. The Balaban J connectivity index is 1.70. The number of nitrogens with one attached hydrogen (secondary N) is 2. The predicted molar refractivity (Wildman–Crippen MR) is 114 cm³/mol. The minimum atomic E-state index is -0.291. The van der Waals surface area contributed by atoms with Crippen molar-refractivity contribution in [3.8, 4) is 0 Å². The number of aromatic nitrogens is 2. The van der Waals surface area contributed by atoms with Crippen LogP contribution in [0.15, 0.2) is 54.6 Å². The molecular formula is C23H25FN4O. The van der Waals surface area contributed by atoms with E-state index >= 15 is 0 Å². The van der Waals surface area contributed by atoms with Gasteiger partial charge in [0.2, 0.25) is 5.95 Å². The lowest BCUT2D eigenvalue weighted by Gasteiger charge is -2.14. The molecule has 0 saturated heterocycles. The molecule has 29 heavy (non-hydrogen) atoms. The quantitative estimate of drug-likeness (QED) is 0.597. The highest BCUT2D eigenvalue weighted by atomic mass is 19.1. The lowest BCUT2D eigenvalue weighted by Crippen LogP contribution is -2.18. The molecule has 0 spiro atoms. The van der Waals surface area contributed by atoms with Gasteiger partial charge in [-0.2, -0.15) is 0 Å². The fourth-order valence-corrected chi connectivity index (χ4v) is 3.07. The smallest absolute Gasteiger partial charge is 0.274 e. The first-order valence-electron chi connectivity index (χ1n) is 9.67. The number of anilines is 2. The van der Waals surface area contributed by atoms with Gasteiger partial charge in [-0.1, -0.05) is 50.2 Å². The van der Waals surface area contributed by atoms with Crippen LogP contribution in [0, 0.1) is 12.7 Å². The van der Waals surface area contributed by atoms with E-state index in [-0.39, 0.29) is 23.3 Å². The Labute approximate surface area is 170 Å². The number of nitrogens with zero attached hydrogens (tertiary/aromatic N) is 2. The third-order valence-electron chi connectivity index (χ3n) is 4.55. The number of rotatable bonds is 7. The lowest BCUT2D eigenvalue weighted by molar-refractivity contribution is 0.102. The molecule has 0 radical (unpaired) electrons. The zero-order valence-electron chi connectivity index (χ0n) is 16.9. The van der Waals surface area contributed by atoms with Crippen molar-refractivity contribution in [1.29, 1.82) is 0 Å². The first-order valence-corrected chi connectivity index (χ1v) is 9.67. The van der Waals surface area contributed by atoms with Gasteiger partial charge in [0.05, 0.1) is 0 Å². The van der Waals surface area contributed by atoms with Gasteiger partial charge in [-0.25, -0.2) is 14.4 Å². The van der Waals surface area contributed by atoms with Gasteiger partial charge in [0.1, 0.15) is 11.5 Å². The topological polar surface area (TPSA) is 66.9 Å². The van der Waals surface area contributed by atoms with Crippen molar-refractivity contribution in [2.24, 2.45) is 0 Å². The molecule has 6 heteroatoms. The standard InChI is InChI=1S/C23H25FN4O/c1-15(2)18-9-5-7-11-20(18)27-22(29)21-14-16(3)26-23(28-21)25-13-12-17-8-4-6-10-19(17)24/h4-11,14-15H,12-13H2,1-3H3,(H,27,29)(H,25,26,28). The van der Waals surface area contributed by atoms with Gasteiger partial charge >= 0.3 is 0 Å². The molecule has 2 aromatic carbocycles. The van der Waals surface area contributed by atoms with Gasteiger partial charge in [0, 0.05) is 17.9 Å². The average molecular weight is 392 g/mol. The first-order chi connectivity index (χ1) is 13.9. The zero-order valence-corrected chi connectivity index (χ0v) is 16.9. The fourth-order valence-electron chi connectivity index (χ4n) is 3.07. The number of aryl methyl sites for hydroxylation is 1. The van der Waals surface area contributed by atoms with Crippen LogP contribution in [-0.2, 0) is 6.42 Å². The van der Waals surface area contributed by atoms with Crippen LogP contribution < -0.4 is 10.6 Å². The number of halogens is 1. The third-order valence-corrected chi connectivity index (χ3v) is 4.55. The number of hydrogen-bond donors (Lipinski definition) is 2. The van der Waals surface area contributed by atoms with Crippen molar-refractivity contribution < 1.29 is 9.18 Å². The maximum absolute atomic E-state index is 13.7. The second kappa shape index (κ2) is 9.28. The Kier molecular flexibility index (Phi) is 6.54. The van der Waals surface area contributed by atoms with E-state index in [2.05, 4.69) is 34.4 Å². The summed E-state index contributed by atoms with van der Waals surface area (Å²) in [6.07, 6.45) is 0.493. The molecule has 0 fully saturated rings. The van der Waals surface area contributed by atoms with E-state index < -0.39 is 0 Å². The highest BCUT2D eigenvalue weighted by Crippen LogP contribution is 2.24. The highest BCUT2D eigenvalue weighted by Gasteiger charge is 2.14. The summed E-state index contributed by atoms with van der Waals surface area (Å²) in [5.41, 5.74) is 3.42. The molecule has 1 amide bonds. The Morgan fingerprint density at radius 1 is 1.07 bits per heavy atom. The number of carbonyl (C=O) groups is 1. The number of carbonyl (C=O) groups excluding carboxylic acids is 1. The summed E-state index contributed by atoms with van der Waals surface area (Å²) in [6.45, 7) is 6.43. The molecule has 0 aliphatic carbocycles. The first kappa shape index (κ1) is 20.5. The van der Waals surface area contributed by atoms with Gasteiger partial charge in [0.15, 0.2) is 0 Å². The molecule has 0 unspecified atom stereocenters. The fraction of sp³-hybridized carbons (Fsp3) is 0.261. The molecule has 0 aliphatic heterocycles. The number of hydrogen-bond acceptors (Lipinski definition) is 4. The minimum absolute atomic E-state index is 0.233. The summed E-state index contributed by atoms with van der Waals surface area (Å²) < 4.78 is 13.7. The van der Waals surface area contributed by atoms with E-state index in [1.165, 1.54) is 6.07 Å². The Hall–Kier alpha value is -3.28. The van der Waals surface area contributed by atoms with E-state index in [0.29, 0.717) is 30.2 Å². The van der Waals surface area contributed by atoms with Crippen LogP contribution in [0.5, 0.6) is 0 Å². The van der Waals surface area contributed by atoms with Gasteiger partial charge in [-0.15, -0.1) is 0 Å². The van der Waals surface area contributed by atoms with Gasteiger partial charge < -0.3 is 10.6 Å².